The molecule has 3 aromatic rings. The number of halogens is 2. The van der Waals surface area contributed by atoms with E-state index in [-0.39, 0.29) is 5.57 Å². The molecular weight excluding hydrogens is 488 g/mol. The summed E-state index contributed by atoms with van der Waals surface area (Å²) in [6.07, 6.45) is 2.12. The highest BCUT2D eigenvalue weighted by Crippen LogP contribution is 2.33. The Morgan fingerprint density at radius 3 is 2.56 bits per heavy atom. The molecule has 6 heteroatoms. The van der Waals surface area contributed by atoms with E-state index < -0.39 is 5.91 Å². The van der Waals surface area contributed by atoms with Gasteiger partial charge < -0.3 is 10.1 Å². The molecule has 0 unspecified atom stereocenters. The van der Waals surface area contributed by atoms with Gasteiger partial charge in [0.1, 0.15) is 17.4 Å². The number of benzene rings is 3. The van der Waals surface area contributed by atoms with Crippen molar-refractivity contribution in [1.29, 1.82) is 5.26 Å². The molecule has 162 valence electrons. The highest BCUT2D eigenvalue weighted by atomic mass is 79.9. The van der Waals surface area contributed by atoms with E-state index in [1.807, 2.05) is 68.4 Å². The number of carbonyl (C=O) groups is 1. The predicted octanol–water partition coefficient (Wildman–Crippen LogP) is 6.86. The third kappa shape index (κ3) is 5.59. The number of anilines is 1. The van der Waals surface area contributed by atoms with Crippen LogP contribution in [0.2, 0.25) is 5.02 Å². The van der Waals surface area contributed by atoms with E-state index in [1.165, 1.54) is 0 Å². The van der Waals surface area contributed by atoms with Gasteiger partial charge in [0, 0.05) is 27.2 Å². The van der Waals surface area contributed by atoms with Gasteiger partial charge in [0.05, 0.1) is 7.11 Å². The number of hydrogen-bond acceptors (Lipinski definition) is 3. The maximum absolute atomic E-state index is 12.7. The van der Waals surface area contributed by atoms with Crippen molar-refractivity contribution in [3.8, 4) is 11.8 Å². The number of rotatable bonds is 6. The molecule has 0 bridgehead atoms. The molecule has 4 nitrogen and oxygen atoms in total. The lowest BCUT2D eigenvalue weighted by molar-refractivity contribution is -0.112. The van der Waals surface area contributed by atoms with Crippen molar-refractivity contribution in [3.05, 3.63) is 97.5 Å². The van der Waals surface area contributed by atoms with Crippen LogP contribution in [0, 0.1) is 25.2 Å². The van der Waals surface area contributed by atoms with Crippen molar-refractivity contribution in [2.45, 2.75) is 20.3 Å². The summed E-state index contributed by atoms with van der Waals surface area (Å²) in [5.41, 5.74) is 5.41. The lowest BCUT2D eigenvalue weighted by Crippen LogP contribution is -2.13. The summed E-state index contributed by atoms with van der Waals surface area (Å²) in [4.78, 5) is 12.7. The van der Waals surface area contributed by atoms with Crippen LogP contribution in [-0.4, -0.2) is 13.0 Å². The fourth-order valence-electron chi connectivity index (χ4n) is 3.23. The van der Waals surface area contributed by atoms with Crippen molar-refractivity contribution >= 4 is 45.2 Å². The van der Waals surface area contributed by atoms with E-state index in [0.717, 1.165) is 26.7 Å². The Hall–Kier alpha value is -3.07. The second kappa shape index (κ2) is 10.5. The third-order valence-electron chi connectivity index (χ3n) is 5.16. The fourth-order valence-corrected chi connectivity index (χ4v) is 4.04. The van der Waals surface area contributed by atoms with Crippen molar-refractivity contribution in [2.24, 2.45) is 0 Å². The minimum Gasteiger partial charge on any atom is -0.496 e. The Labute approximate surface area is 201 Å². The summed E-state index contributed by atoms with van der Waals surface area (Å²) in [7, 11) is 1.59. The molecule has 0 spiro atoms. The highest BCUT2D eigenvalue weighted by Gasteiger charge is 2.15. The van der Waals surface area contributed by atoms with Gasteiger partial charge in [0.25, 0.3) is 5.91 Å². The lowest BCUT2D eigenvalue weighted by Gasteiger charge is -2.13. The van der Waals surface area contributed by atoms with Gasteiger partial charge in [-0.25, -0.2) is 0 Å². The minimum absolute atomic E-state index is 0.00367. The van der Waals surface area contributed by atoms with Gasteiger partial charge in [-0.3, -0.25) is 4.79 Å². The number of aryl methyl sites for hydroxylation is 2. The van der Waals surface area contributed by atoms with Gasteiger partial charge in [-0.2, -0.15) is 5.26 Å². The molecule has 0 saturated carbocycles. The van der Waals surface area contributed by atoms with E-state index in [2.05, 4.69) is 21.2 Å². The molecule has 3 rings (SSSR count). The molecule has 0 aliphatic rings. The van der Waals surface area contributed by atoms with Crippen LogP contribution in [0.25, 0.3) is 6.08 Å². The first-order valence-electron chi connectivity index (χ1n) is 9.92. The first-order valence-corrected chi connectivity index (χ1v) is 11.1. The summed E-state index contributed by atoms with van der Waals surface area (Å²) < 4.78 is 6.39. The molecule has 0 saturated heterocycles. The van der Waals surface area contributed by atoms with Crippen LogP contribution in [0.5, 0.6) is 5.75 Å². The van der Waals surface area contributed by atoms with E-state index in [0.29, 0.717) is 28.4 Å². The quantitative estimate of drug-likeness (QED) is 0.291. The summed E-state index contributed by atoms with van der Waals surface area (Å²) in [6.45, 7) is 3.97. The molecular formula is C26H22BrClN2O2. The second-order valence-corrected chi connectivity index (χ2v) is 8.64. The molecule has 1 amide bonds. The van der Waals surface area contributed by atoms with Gasteiger partial charge in [-0.15, -0.1) is 0 Å². The molecule has 32 heavy (non-hydrogen) atoms. The van der Waals surface area contributed by atoms with Crippen LogP contribution in [0.3, 0.4) is 0 Å². The number of ether oxygens (including phenoxy) is 1. The van der Waals surface area contributed by atoms with Gasteiger partial charge in [-0.05, 0) is 72.5 Å². The van der Waals surface area contributed by atoms with Crippen molar-refractivity contribution in [2.75, 3.05) is 12.4 Å². The number of nitrogens with zero attached hydrogens (tertiary/aromatic N) is 1. The monoisotopic (exact) mass is 508 g/mol. The van der Waals surface area contributed by atoms with Crippen LogP contribution in [-0.2, 0) is 11.2 Å². The summed E-state index contributed by atoms with van der Waals surface area (Å²) in [5.74, 6) is 0.170. The highest BCUT2D eigenvalue weighted by molar-refractivity contribution is 9.10. The first kappa shape index (κ1) is 23.6. The van der Waals surface area contributed by atoms with Crippen molar-refractivity contribution in [1.82, 2.24) is 0 Å². The van der Waals surface area contributed by atoms with Crippen molar-refractivity contribution < 1.29 is 9.53 Å². The average molecular weight is 510 g/mol. The molecule has 0 aromatic heterocycles. The first-order chi connectivity index (χ1) is 15.3. The standard InChI is InChI=1S/C26H22BrClN2O2/c1-16-8-9-21(10-17(16)2)30-26(31)20(15-29)11-18-12-23(27)22(25(13-18)32-3)14-19-6-4-5-7-24(19)28/h4-13H,14H2,1-3H3,(H,30,31)/b20-11+. The fraction of sp³-hybridized carbons (Fsp3) is 0.154. The van der Waals surface area contributed by atoms with Crippen LogP contribution in [0.4, 0.5) is 5.69 Å². The minimum atomic E-state index is -0.467. The molecule has 1 N–H and O–H groups in total. The van der Waals surface area contributed by atoms with Crippen LogP contribution < -0.4 is 10.1 Å². The lowest BCUT2D eigenvalue weighted by atomic mass is 10.0. The maximum Gasteiger partial charge on any atom is 0.266 e. The number of amides is 1. The average Bonchev–Trinajstić information content (AvgIpc) is 2.77. The van der Waals surface area contributed by atoms with Crippen LogP contribution >= 0.6 is 27.5 Å². The summed E-state index contributed by atoms with van der Waals surface area (Å²) in [5, 5.41) is 13.0. The Kier molecular flexibility index (Phi) is 7.74. The molecule has 0 fully saturated rings. The molecule has 0 aliphatic carbocycles. The smallest absolute Gasteiger partial charge is 0.266 e. The Morgan fingerprint density at radius 2 is 1.91 bits per heavy atom. The van der Waals surface area contributed by atoms with Crippen LogP contribution in [0.15, 0.2) is 64.6 Å². The van der Waals surface area contributed by atoms with Gasteiger partial charge >= 0.3 is 0 Å². The summed E-state index contributed by atoms with van der Waals surface area (Å²) in [6, 6.07) is 18.9. The SMILES string of the molecule is COc1cc(/C=C(\C#N)C(=O)Nc2ccc(C)c(C)c2)cc(Br)c1Cc1ccccc1Cl. The van der Waals surface area contributed by atoms with E-state index in [1.54, 1.807) is 19.3 Å². The largest absolute Gasteiger partial charge is 0.496 e. The zero-order chi connectivity index (χ0) is 23.3. The van der Waals surface area contributed by atoms with E-state index in [4.69, 9.17) is 16.3 Å². The van der Waals surface area contributed by atoms with Crippen molar-refractivity contribution in [3.63, 3.8) is 0 Å². The Bertz CT molecular complexity index is 1250. The Balaban J connectivity index is 1.89. The zero-order valence-corrected chi connectivity index (χ0v) is 20.3. The van der Waals surface area contributed by atoms with E-state index >= 15 is 0 Å². The second-order valence-electron chi connectivity index (χ2n) is 7.37. The summed E-state index contributed by atoms with van der Waals surface area (Å²) >= 11 is 9.92. The maximum atomic E-state index is 12.7. The number of hydrogen-bond donors (Lipinski definition) is 1. The normalized spacial score (nSPS) is 11.1. The van der Waals surface area contributed by atoms with Gasteiger partial charge in [0.2, 0.25) is 0 Å². The molecule has 0 heterocycles. The number of carbonyl (C=O) groups excluding carboxylic acids is 1. The number of nitrogens with one attached hydrogen (secondary N) is 1. The van der Waals surface area contributed by atoms with Crippen LogP contribution in [0.1, 0.15) is 27.8 Å². The Morgan fingerprint density at radius 1 is 1.16 bits per heavy atom. The van der Waals surface area contributed by atoms with Gasteiger partial charge in [-0.1, -0.05) is 51.8 Å². The molecule has 0 aliphatic heterocycles. The predicted molar refractivity (Wildman–Crippen MR) is 133 cm³/mol. The molecule has 0 atom stereocenters. The topological polar surface area (TPSA) is 62.1 Å². The third-order valence-corrected chi connectivity index (χ3v) is 6.24. The van der Waals surface area contributed by atoms with Gasteiger partial charge in [0.15, 0.2) is 0 Å². The zero-order valence-electron chi connectivity index (χ0n) is 18.0. The number of methoxy groups -OCH3 is 1. The number of nitriles is 1. The molecule has 0 radical (unpaired) electrons. The molecule has 3 aromatic carbocycles. The van der Waals surface area contributed by atoms with E-state index in [9.17, 15) is 10.1 Å².